The normalized spacial score (nSPS) is 19.2. The smallest absolute Gasteiger partial charge is 0.271 e. The van der Waals surface area contributed by atoms with Crippen LogP contribution in [0.3, 0.4) is 0 Å². The predicted molar refractivity (Wildman–Crippen MR) is 150 cm³/mol. The van der Waals surface area contributed by atoms with E-state index in [1.807, 2.05) is 51.1 Å². The molecule has 11 nitrogen and oxygen atoms in total. The van der Waals surface area contributed by atoms with E-state index in [4.69, 9.17) is 20.6 Å². The Morgan fingerprint density at radius 3 is 2.54 bits per heavy atom. The molecule has 208 valence electrons. The SMILES string of the molecule is CCOC1C=C(C(Nc2ccc(C(=N)N)cc2)C(=O)NNC(=O)c2cccnc2)C=CC1(C)OCCN(C)C. The number of hydrazine groups is 1. The Bertz CT molecular complexity index is 1200. The molecule has 0 fully saturated rings. The number of amides is 2. The summed E-state index contributed by atoms with van der Waals surface area (Å²) in [7, 11) is 3.96. The van der Waals surface area contributed by atoms with Crippen LogP contribution in [0.15, 0.2) is 72.6 Å². The van der Waals surface area contributed by atoms with Gasteiger partial charge in [0.15, 0.2) is 0 Å². The minimum Gasteiger partial charge on any atom is -0.384 e. The Morgan fingerprint density at radius 2 is 1.92 bits per heavy atom. The van der Waals surface area contributed by atoms with Crippen LogP contribution in [0, 0.1) is 5.41 Å². The van der Waals surface area contributed by atoms with Crippen molar-refractivity contribution in [2.45, 2.75) is 31.6 Å². The van der Waals surface area contributed by atoms with Crippen LogP contribution >= 0.6 is 0 Å². The van der Waals surface area contributed by atoms with Gasteiger partial charge in [0.25, 0.3) is 11.8 Å². The van der Waals surface area contributed by atoms with Crippen molar-refractivity contribution in [2.24, 2.45) is 5.73 Å². The number of rotatable bonds is 12. The minimum atomic E-state index is -0.895. The molecule has 1 heterocycles. The van der Waals surface area contributed by atoms with Gasteiger partial charge in [0.2, 0.25) is 0 Å². The molecule has 39 heavy (non-hydrogen) atoms. The lowest BCUT2D eigenvalue weighted by Crippen LogP contribution is -2.50. The highest BCUT2D eigenvalue weighted by molar-refractivity contribution is 5.97. The van der Waals surface area contributed by atoms with E-state index in [9.17, 15) is 9.59 Å². The zero-order valence-corrected chi connectivity index (χ0v) is 22.7. The van der Waals surface area contributed by atoms with Crippen molar-refractivity contribution in [3.8, 4) is 0 Å². The fraction of sp³-hybridized carbons (Fsp3) is 0.357. The Morgan fingerprint density at radius 1 is 1.18 bits per heavy atom. The second-order valence-electron chi connectivity index (χ2n) is 9.46. The van der Waals surface area contributed by atoms with Crippen LogP contribution in [0.5, 0.6) is 0 Å². The molecule has 1 aromatic heterocycles. The zero-order chi connectivity index (χ0) is 28.4. The van der Waals surface area contributed by atoms with Gasteiger partial charge in [0.1, 0.15) is 23.6 Å². The van der Waals surface area contributed by atoms with E-state index in [1.165, 1.54) is 6.20 Å². The Labute approximate surface area is 228 Å². The third kappa shape index (κ3) is 8.21. The number of nitrogens with one attached hydrogen (secondary N) is 4. The number of benzene rings is 1. The van der Waals surface area contributed by atoms with E-state index in [1.54, 1.807) is 42.6 Å². The van der Waals surface area contributed by atoms with Gasteiger partial charge in [-0.25, -0.2) is 0 Å². The first kappa shape index (κ1) is 29.5. The van der Waals surface area contributed by atoms with E-state index >= 15 is 0 Å². The molecule has 2 amide bonds. The molecule has 0 saturated carbocycles. The first-order chi connectivity index (χ1) is 18.6. The summed E-state index contributed by atoms with van der Waals surface area (Å²) in [6, 6.07) is 9.17. The number of nitrogens with two attached hydrogens (primary N) is 1. The number of ether oxygens (including phenoxy) is 2. The third-order valence-corrected chi connectivity index (χ3v) is 6.14. The number of carbonyl (C=O) groups excluding carboxylic acids is 2. The van der Waals surface area contributed by atoms with Gasteiger partial charge in [-0.15, -0.1) is 0 Å². The zero-order valence-electron chi connectivity index (χ0n) is 22.7. The van der Waals surface area contributed by atoms with E-state index < -0.39 is 29.6 Å². The van der Waals surface area contributed by atoms with Gasteiger partial charge in [-0.1, -0.05) is 6.08 Å². The van der Waals surface area contributed by atoms with Crippen molar-refractivity contribution in [3.05, 3.63) is 83.7 Å². The molecule has 6 N–H and O–H groups in total. The van der Waals surface area contributed by atoms with E-state index in [0.717, 1.165) is 6.54 Å². The molecule has 3 unspecified atom stereocenters. The largest absolute Gasteiger partial charge is 0.384 e. The first-order valence-corrected chi connectivity index (χ1v) is 12.7. The van der Waals surface area contributed by atoms with Crippen molar-refractivity contribution in [1.82, 2.24) is 20.7 Å². The van der Waals surface area contributed by atoms with Gasteiger partial charge in [0, 0.05) is 36.8 Å². The number of aromatic nitrogens is 1. The van der Waals surface area contributed by atoms with Crippen LogP contribution in [0.25, 0.3) is 0 Å². The molecule has 0 aliphatic heterocycles. The van der Waals surface area contributed by atoms with Crippen LogP contribution in [0.2, 0.25) is 0 Å². The molecular weight excluding hydrogens is 498 g/mol. The minimum absolute atomic E-state index is 0.0556. The number of hydrogen-bond acceptors (Lipinski definition) is 8. The number of nitrogen functional groups attached to an aromatic ring is 1. The van der Waals surface area contributed by atoms with Crippen LogP contribution in [0.4, 0.5) is 5.69 Å². The first-order valence-electron chi connectivity index (χ1n) is 12.7. The summed E-state index contributed by atoms with van der Waals surface area (Å²) in [5.41, 5.74) is 11.9. The molecule has 11 heteroatoms. The average Bonchev–Trinajstić information content (AvgIpc) is 2.92. The van der Waals surface area contributed by atoms with Crippen LogP contribution in [-0.2, 0) is 14.3 Å². The van der Waals surface area contributed by atoms with Crippen molar-refractivity contribution in [2.75, 3.05) is 39.2 Å². The molecular formula is C28H37N7O4. The third-order valence-electron chi connectivity index (χ3n) is 6.14. The topological polar surface area (TPSA) is 155 Å². The molecule has 2 aromatic rings. The van der Waals surface area contributed by atoms with Crippen LogP contribution in [0.1, 0.15) is 29.8 Å². The van der Waals surface area contributed by atoms with E-state index in [0.29, 0.717) is 35.6 Å². The summed E-state index contributed by atoms with van der Waals surface area (Å²) in [5, 5.41) is 10.8. The second-order valence-corrected chi connectivity index (χ2v) is 9.46. The molecule has 0 saturated heterocycles. The number of pyridine rings is 1. The fourth-order valence-electron chi connectivity index (χ4n) is 3.89. The fourth-order valence-corrected chi connectivity index (χ4v) is 3.89. The highest BCUT2D eigenvalue weighted by atomic mass is 16.5. The number of carbonyl (C=O) groups is 2. The van der Waals surface area contributed by atoms with Crippen LogP contribution in [-0.4, -0.2) is 79.1 Å². The van der Waals surface area contributed by atoms with Gasteiger partial charge in [-0.05, 0) is 82.1 Å². The molecule has 0 bridgehead atoms. The highest BCUT2D eigenvalue weighted by Crippen LogP contribution is 2.30. The summed E-state index contributed by atoms with van der Waals surface area (Å²) in [5.74, 6) is -1.05. The Kier molecular flexibility index (Phi) is 10.3. The maximum atomic E-state index is 13.4. The van der Waals surface area contributed by atoms with Gasteiger partial charge in [-0.2, -0.15) is 0 Å². The molecule has 1 aliphatic rings. The predicted octanol–water partition coefficient (Wildman–Crippen LogP) is 1.85. The van der Waals surface area contributed by atoms with Crippen molar-refractivity contribution < 1.29 is 19.1 Å². The molecule has 1 aromatic carbocycles. The number of nitrogens with zero attached hydrogens (tertiary/aromatic N) is 2. The van der Waals surface area contributed by atoms with E-state index in [2.05, 4.69) is 21.2 Å². The Balaban J connectivity index is 1.85. The summed E-state index contributed by atoms with van der Waals surface area (Å²) >= 11 is 0. The molecule has 3 atom stereocenters. The summed E-state index contributed by atoms with van der Waals surface area (Å²) in [4.78, 5) is 31.9. The maximum Gasteiger partial charge on any atom is 0.271 e. The van der Waals surface area contributed by atoms with Crippen molar-refractivity contribution in [1.29, 1.82) is 5.41 Å². The summed E-state index contributed by atoms with van der Waals surface area (Å²) in [6.07, 6.45) is 8.10. The molecule has 0 spiro atoms. The number of likely N-dealkylation sites (N-methyl/N-ethyl adjacent to an activating group) is 1. The molecule has 3 rings (SSSR count). The second kappa shape index (κ2) is 13.7. The van der Waals surface area contributed by atoms with Gasteiger partial charge >= 0.3 is 0 Å². The number of hydrogen-bond donors (Lipinski definition) is 5. The number of anilines is 1. The molecule has 1 aliphatic carbocycles. The molecule has 0 radical (unpaired) electrons. The van der Waals surface area contributed by atoms with Gasteiger partial charge in [-0.3, -0.25) is 30.8 Å². The standard InChI is InChI=1S/C28H37N7O4/c1-5-38-23-17-20(12-13-28(23,2)39-16-15-35(3)4)24(32-22-10-8-19(9-11-22)25(29)30)27(37)34-33-26(36)21-7-6-14-31-18-21/h6-14,17-18,23-24,32H,5,15-16H2,1-4H3,(H3,29,30)(H,33,36)(H,34,37). The Hall–Kier alpha value is -4.06. The maximum absolute atomic E-state index is 13.4. The van der Waals surface area contributed by atoms with Crippen molar-refractivity contribution >= 4 is 23.3 Å². The van der Waals surface area contributed by atoms with Crippen LogP contribution < -0.4 is 21.9 Å². The lowest BCUT2D eigenvalue weighted by Gasteiger charge is -2.37. The highest BCUT2D eigenvalue weighted by Gasteiger charge is 2.37. The average molecular weight is 536 g/mol. The lowest BCUT2D eigenvalue weighted by molar-refractivity contribution is -0.122. The summed E-state index contributed by atoms with van der Waals surface area (Å²) < 4.78 is 12.2. The summed E-state index contributed by atoms with van der Waals surface area (Å²) in [6.45, 7) is 5.56. The quantitative estimate of drug-likeness (QED) is 0.157. The van der Waals surface area contributed by atoms with Crippen molar-refractivity contribution in [3.63, 3.8) is 0 Å². The van der Waals surface area contributed by atoms with E-state index in [-0.39, 0.29) is 5.84 Å². The number of amidine groups is 1. The van der Waals surface area contributed by atoms with Gasteiger partial charge in [0.05, 0.1) is 12.2 Å². The monoisotopic (exact) mass is 535 g/mol. The lowest BCUT2D eigenvalue weighted by atomic mass is 9.87. The van der Waals surface area contributed by atoms with Gasteiger partial charge < -0.3 is 25.4 Å².